The number of halogens is 2. The molecular weight excluding hydrogens is 562 g/mol. The lowest BCUT2D eigenvalue weighted by molar-refractivity contribution is 0.0989. The van der Waals surface area contributed by atoms with Crippen molar-refractivity contribution in [2.24, 2.45) is 0 Å². The first kappa shape index (κ1) is 29.0. The van der Waals surface area contributed by atoms with Gasteiger partial charge in [0.2, 0.25) is 5.88 Å². The van der Waals surface area contributed by atoms with Crippen LogP contribution in [0.2, 0.25) is 0 Å². The van der Waals surface area contributed by atoms with Crippen LogP contribution in [0.4, 0.5) is 14.5 Å². The van der Waals surface area contributed by atoms with Crippen LogP contribution in [-0.4, -0.2) is 41.3 Å². The second kappa shape index (κ2) is 11.8. The van der Waals surface area contributed by atoms with E-state index in [1.165, 1.54) is 50.1 Å². The number of methoxy groups -OCH3 is 2. The van der Waals surface area contributed by atoms with Crippen molar-refractivity contribution < 1.29 is 27.8 Å². The van der Waals surface area contributed by atoms with Gasteiger partial charge in [-0.2, -0.15) is 0 Å². The van der Waals surface area contributed by atoms with Crippen molar-refractivity contribution in [1.82, 2.24) is 14.1 Å². The van der Waals surface area contributed by atoms with Gasteiger partial charge in [-0.25, -0.2) is 23.1 Å². The Hall–Kier alpha value is -5.52. The number of hydrogen-bond donors (Lipinski definition) is 0. The number of benzene rings is 3. The Morgan fingerprint density at radius 1 is 0.930 bits per heavy atom. The van der Waals surface area contributed by atoms with E-state index in [2.05, 4.69) is 4.98 Å². The number of anilines is 1. The van der Waals surface area contributed by atoms with Crippen LogP contribution in [0.3, 0.4) is 0 Å². The third-order valence-corrected chi connectivity index (χ3v) is 6.79. The highest BCUT2D eigenvalue weighted by atomic mass is 19.1. The third kappa shape index (κ3) is 5.54. The van der Waals surface area contributed by atoms with E-state index in [4.69, 9.17) is 14.2 Å². The SMILES string of the molecule is CCn1cc(C(=O)N(C)c2ccc(Oc3ccc4cc(OC)c(OC)cc4n3)cc2F)c(=O)n(-c2ccc(F)cc2)c1=O. The second-order valence-corrected chi connectivity index (χ2v) is 9.36. The van der Waals surface area contributed by atoms with Gasteiger partial charge in [-0.15, -0.1) is 0 Å². The molecule has 1 amide bonds. The number of fused-ring (bicyclic) bond motifs is 1. The maximum atomic E-state index is 15.3. The van der Waals surface area contributed by atoms with E-state index in [9.17, 15) is 18.8 Å². The first-order valence-corrected chi connectivity index (χ1v) is 13.1. The maximum Gasteiger partial charge on any atom is 0.335 e. The van der Waals surface area contributed by atoms with Crippen LogP contribution in [0.15, 0.2) is 82.5 Å². The van der Waals surface area contributed by atoms with Crippen molar-refractivity contribution in [3.8, 4) is 28.8 Å². The summed E-state index contributed by atoms with van der Waals surface area (Å²) in [6, 6.07) is 15.4. The van der Waals surface area contributed by atoms with Gasteiger partial charge >= 0.3 is 5.69 Å². The zero-order chi connectivity index (χ0) is 30.8. The van der Waals surface area contributed by atoms with Crippen molar-refractivity contribution in [1.29, 1.82) is 0 Å². The van der Waals surface area contributed by atoms with Crippen molar-refractivity contribution in [3.05, 3.63) is 111 Å². The molecule has 0 aliphatic rings. The molecule has 12 heteroatoms. The van der Waals surface area contributed by atoms with Crippen molar-refractivity contribution in [2.75, 3.05) is 26.2 Å². The molecule has 0 N–H and O–H groups in total. The predicted molar refractivity (Wildman–Crippen MR) is 156 cm³/mol. The summed E-state index contributed by atoms with van der Waals surface area (Å²) in [5.41, 5.74) is -1.48. The number of aromatic nitrogens is 3. The number of hydrogen-bond acceptors (Lipinski definition) is 7. The summed E-state index contributed by atoms with van der Waals surface area (Å²) in [7, 11) is 4.35. The molecule has 0 saturated carbocycles. The minimum atomic E-state index is -0.921. The first-order chi connectivity index (χ1) is 20.6. The smallest absolute Gasteiger partial charge is 0.335 e. The average Bonchev–Trinajstić information content (AvgIpc) is 3.01. The number of amides is 1. The average molecular weight is 589 g/mol. The van der Waals surface area contributed by atoms with Crippen LogP contribution in [-0.2, 0) is 6.54 Å². The molecule has 0 atom stereocenters. The Morgan fingerprint density at radius 2 is 1.63 bits per heavy atom. The molecule has 220 valence electrons. The van der Waals surface area contributed by atoms with Gasteiger partial charge in [-0.05, 0) is 55.5 Å². The molecule has 2 heterocycles. The van der Waals surface area contributed by atoms with Crippen molar-refractivity contribution in [2.45, 2.75) is 13.5 Å². The summed E-state index contributed by atoms with van der Waals surface area (Å²) in [5, 5.41) is 0.777. The van der Waals surface area contributed by atoms with Gasteiger partial charge in [0.25, 0.3) is 11.5 Å². The van der Waals surface area contributed by atoms with Gasteiger partial charge in [0, 0.05) is 43.4 Å². The molecule has 3 aromatic carbocycles. The van der Waals surface area contributed by atoms with E-state index in [0.29, 0.717) is 17.0 Å². The molecule has 0 saturated heterocycles. The molecule has 0 bridgehead atoms. The molecule has 2 aromatic heterocycles. The predicted octanol–water partition coefficient (Wildman–Crippen LogP) is 4.93. The second-order valence-electron chi connectivity index (χ2n) is 9.36. The molecule has 0 spiro atoms. The number of aryl methyl sites for hydroxylation is 1. The lowest BCUT2D eigenvalue weighted by Gasteiger charge is -2.19. The van der Waals surface area contributed by atoms with Gasteiger partial charge in [-0.1, -0.05) is 0 Å². The molecule has 0 aliphatic heterocycles. The van der Waals surface area contributed by atoms with Crippen LogP contribution < -0.4 is 30.4 Å². The lowest BCUT2D eigenvalue weighted by atomic mass is 10.2. The summed E-state index contributed by atoms with van der Waals surface area (Å²) in [4.78, 5) is 45.1. The Kier molecular flexibility index (Phi) is 7.93. The maximum absolute atomic E-state index is 15.3. The molecule has 5 aromatic rings. The van der Waals surface area contributed by atoms with Crippen LogP contribution >= 0.6 is 0 Å². The van der Waals surface area contributed by atoms with Gasteiger partial charge < -0.3 is 19.1 Å². The summed E-state index contributed by atoms with van der Waals surface area (Å²) >= 11 is 0. The fourth-order valence-electron chi connectivity index (χ4n) is 4.52. The van der Waals surface area contributed by atoms with E-state index in [1.807, 2.05) is 0 Å². The quantitative estimate of drug-likeness (QED) is 0.253. The summed E-state index contributed by atoms with van der Waals surface area (Å²) in [6.07, 6.45) is 1.13. The number of ether oxygens (including phenoxy) is 3. The Balaban J connectivity index is 1.44. The lowest BCUT2D eigenvalue weighted by Crippen LogP contribution is -2.43. The highest BCUT2D eigenvalue weighted by Gasteiger charge is 2.24. The molecule has 0 aliphatic carbocycles. The minimum absolute atomic E-state index is 0.0865. The monoisotopic (exact) mass is 588 g/mol. The Morgan fingerprint density at radius 3 is 2.28 bits per heavy atom. The number of nitrogens with zero attached hydrogens (tertiary/aromatic N) is 4. The topological polar surface area (TPSA) is 105 Å². The van der Waals surface area contributed by atoms with Crippen molar-refractivity contribution in [3.63, 3.8) is 0 Å². The van der Waals surface area contributed by atoms with Gasteiger partial charge in [-0.3, -0.25) is 14.2 Å². The van der Waals surface area contributed by atoms with E-state index in [-0.39, 0.29) is 35.1 Å². The van der Waals surface area contributed by atoms with E-state index >= 15 is 4.39 Å². The van der Waals surface area contributed by atoms with E-state index < -0.39 is 28.8 Å². The van der Waals surface area contributed by atoms with Gasteiger partial charge in [0.1, 0.15) is 17.1 Å². The zero-order valence-electron chi connectivity index (χ0n) is 23.6. The summed E-state index contributed by atoms with van der Waals surface area (Å²) in [6.45, 7) is 1.81. The van der Waals surface area contributed by atoms with E-state index in [1.54, 1.807) is 31.2 Å². The highest BCUT2D eigenvalue weighted by Crippen LogP contribution is 2.33. The number of carbonyl (C=O) groups is 1. The number of rotatable bonds is 8. The molecule has 10 nitrogen and oxygen atoms in total. The zero-order valence-corrected chi connectivity index (χ0v) is 23.6. The molecule has 0 unspecified atom stereocenters. The number of carbonyl (C=O) groups excluding carboxylic acids is 1. The van der Waals surface area contributed by atoms with Crippen molar-refractivity contribution >= 4 is 22.5 Å². The minimum Gasteiger partial charge on any atom is -0.493 e. The first-order valence-electron chi connectivity index (χ1n) is 13.1. The third-order valence-electron chi connectivity index (χ3n) is 6.79. The molecule has 43 heavy (non-hydrogen) atoms. The Labute approximate surface area is 243 Å². The van der Waals surface area contributed by atoms with Crippen LogP contribution in [0.1, 0.15) is 17.3 Å². The summed E-state index contributed by atoms with van der Waals surface area (Å²) in [5.74, 6) is -0.863. The largest absolute Gasteiger partial charge is 0.493 e. The fourth-order valence-corrected chi connectivity index (χ4v) is 4.52. The van der Waals surface area contributed by atoms with Crippen LogP contribution in [0.5, 0.6) is 23.1 Å². The normalized spacial score (nSPS) is 10.9. The number of pyridine rings is 1. The molecule has 0 radical (unpaired) electrons. The Bertz CT molecular complexity index is 1970. The fraction of sp³-hybridized carbons (Fsp3) is 0.161. The highest BCUT2D eigenvalue weighted by molar-refractivity contribution is 6.05. The van der Waals surface area contributed by atoms with E-state index in [0.717, 1.165) is 39.2 Å². The van der Waals surface area contributed by atoms with Gasteiger partial charge in [0.05, 0.1) is 31.1 Å². The molecule has 5 rings (SSSR count). The molecular formula is C31H26F2N4O6. The van der Waals surface area contributed by atoms with Crippen LogP contribution in [0.25, 0.3) is 16.6 Å². The standard InChI is InChI=1S/C31H26F2N4O6/c1-5-36-17-22(30(39)37(31(36)40)20-9-7-19(32)8-10-20)29(38)35(2)25-12-11-21(15-23(25)33)43-28-13-6-18-14-26(41-3)27(42-4)16-24(18)34-28/h6-17H,5H2,1-4H3. The van der Waals surface area contributed by atoms with Crippen LogP contribution in [0, 0.1) is 11.6 Å². The molecule has 0 fully saturated rings. The summed E-state index contributed by atoms with van der Waals surface area (Å²) < 4.78 is 47.1. The van der Waals surface area contributed by atoms with Gasteiger partial charge in [0.15, 0.2) is 17.3 Å².